The van der Waals surface area contributed by atoms with E-state index in [4.69, 9.17) is 14.6 Å². The first-order valence-corrected chi connectivity index (χ1v) is 10.8. The number of Topliss-reactive ketones (excluding diaryl/α,β-unsaturated/α-hetero) is 1. The van der Waals surface area contributed by atoms with Gasteiger partial charge in [0.05, 0.1) is 25.8 Å². The van der Waals surface area contributed by atoms with Crippen LogP contribution in [0.15, 0.2) is 48.0 Å². The number of methoxy groups -OCH3 is 2. The summed E-state index contributed by atoms with van der Waals surface area (Å²) in [5.74, 6) is -3.06. The molecule has 1 atom stereocenters. The average molecular weight is 471 g/mol. The molecule has 2 aromatic carbocycles. The summed E-state index contributed by atoms with van der Waals surface area (Å²) in [5, 5.41) is 19.9. The van der Waals surface area contributed by atoms with Crippen molar-refractivity contribution in [2.24, 2.45) is 0 Å². The van der Waals surface area contributed by atoms with Gasteiger partial charge in [0.2, 0.25) is 0 Å². The fourth-order valence-corrected chi connectivity index (χ4v) is 4.01. The molecule has 1 heterocycles. The number of nitrogens with zero attached hydrogens (tertiary/aromatic N) is 1. The maximum Gasteiger partial charge on any atom is 0.303 e. The van der Waals surface area contributed by atoms with Crippen molar-refractivity contribution in [1.82, 2.24) is 4.90 Å². The van der Waals surface area contributed by atoms with Crippen LogP contribution in [0.25, 0.3) is 5.76 Å². The molecule has 2 N–H and O–H groups in total. The lowest BCUT2D eigenvalue weighted by molar-refractivity contribution is -0.140. The quantitative estimate of drug-likeness (QED) is 0.234. The molecule has 1 amide bonds. The van der Waals surface area contributed by atoms with Crippen molar-refractivity contribution in [2.45, 2.75) is 31.7 Å². The number of hydrogen-bond acceptors (Lipinski definition) is 6. The average Bonchev–Trinajstić information content (AvgIpc) is 3.07. The van der Waals surface area contributed by atoms with Gasteiger partial charge >= 0.3 is 5.97 Å². The van der Waals surface area contributed by atoms with E-state index in [0.29, 0.717) is 30.8 Å². The van der Waals surface area contributed by atoms with Crippen LogP contribution in [0.4, 0.5) is 4.39 Å². The van der Waals surface area contributed by atoms with Crippen LogP contribution in [0.3, 0.4) is 0 Å². The highest BCUT2D eigenvalue weighted by Crippen LogP contribution is 2.41. The van der Waals surface area contributed by atoms with Crippen molar-refractivity contribution < 1.29 is 38.5 Å². The first-order chi connectivity index (χ1) is 16.3. The largest absolute Gasteiger partial charge is 0.507 e. The van der Waals surface area contributed by atoms with Crippen molar-refractivity contribution in [3.05, 3.63) is 65.0 Å². The van der Waals surface area contributed by atoms with Gasteiger partial charge in [-0.05, 0) is 37.1 Å². The van der Waals surface area contributed by atoms with E-state index in [1.165, 1.54) is 49.5 Å². The molecule has 1 aliphatic rings. The van der Waals surface area contributed by atoms with E-state index in [2.05, 4.69) is 0 Å². The molecule has 180 valence electrons. The second kappa shape index (κ2) is 10.8. The van der Waals surface area contributed by atoms with Gasteiger partial charge < -0.3 is 24.6 Å². The molecule has 8 nitrogen and oxygen atoms in total. The number of halogens is 1. The van der Waals surface area contributed by atoms with E-state index in [1.54, 1.807) is 12.1 Å². The lowest BCUT2D eigenvalue weighted by atomic mass is 9.94. The number of unbranched alkanes of at least 4 members (excludes halogenated alkanes) is 2. The Kier molecular flexibility index (Phi) is 7.88. The Hall–Kier alpha value is -3.88. The number of carboxylic acid groups (broad SMARTS) is 1. The highest BCUT2D eigenvalue weighted by Gasteiger charge is 2.46. The molecule has 3 rings (SSSR count). The Bertz CT molecular complexity index is 1130. The summed E-state index contributed by atoms with van der Waals surface area (Å²) < 4.78 is 25.3. The number of ether oxygens (including phenoxy) is 2. The zero-order chi connectivity index (χ0) is 24.8. The van der Waals surface area contributed by atoms with Crippen molar-refractivity contribution in [3.8, 4) is 11.5 Å². The molecule has 0 radical (unpaired) electrons. The smallest absolute Gasteiger partial charge is 0.303 e. The summed E-state index contributed by atoms with van der Waals surface area (Å²) >= 11 is 0. The number of aliphatic hydroxyl groups excluding tert-OH is 1. The van der Waals surface area contributed by atoms with Crippen molar-refractivity contribution in [3.63, 3.8) is 0 Å². The maximum absolute atomic E-state index is 14.8. The fourth-order valence-electron chi connectivity index (χ4n) is 4.01. The van der Waals surface area contributed by atoms with E-state index >= 15 is 0 Å². The Labute approximate surface area is 196 Å². The topological polar surface area (TPSA) is 113 Å². The number of benzene rings is 2. The Morgan fingerprint density at radius 2 is 1.71 bits per heavy atom. The van der Waals surface area contributed by atoms with Gasteiger partial charge in [-0.3, -0.25) is 14.4 Å². The van der Waals surface area contributed by atoms with Crippen LogP contribution in [0, 0.1) is 5.82 Å². The van der Waals surface area contributed by atoms with E-state index in [0.717, 1.165) is 0 Å². The van der Waals surface area contributed by atoms with Crippen LogP contribution >= 0.6 is 0 Å². The van der Waals surface area contributed by atoms with Gasteiger partial charge in [0.1, 0.15) is 11.6 Å². The highest BCUT2D eigenvalue weighted by molar-refractivity contribution is 6.46. The zero-order valence-corrected chi connectivity index (χ0v) is 18.9. The molecule has 1 fully saturated rings. The second-order valence-electron chi connectivity index (χ2n) is 7.79. The van der Waals surface area contributed by atoms with Crippen LogP contribution < -0.4 is 9.47 Å². The molecular formula is C25H26FNO7. The van der Waals surface area contributed by atoms with Crippen LogP contribution in [0.5, 0.6) is 11.5 Å². The first-order valence-electron chi connectivity index (χ1n) is 10.8. The normalized spacial score (nSPS) is 17.1. The van der Waals surface area contributed by atoms with Gasteiger partial charge in [-0.2, -0.15) is 0 Å². The predicted molar refractivity (Wildman–Crippen MR) is 121 cm³/mol. The van der Waals surface area contributed by atoms with Gasteiger partial charge in [0, 0.05) is 24.1 Å². The van der Waals surface area contributed by atoms with Gasteiger partial charge in [-0.25, -0.2) is 4.39 Å². The van der Waals surface area contributed by atoms with Gasteiger partial charge in [-0.1, -0.05) is 24.6 Å². The van der Waals surface area contributed by atoms with Crippen LogP contribution in [0.2, 0.25) is 0 Å². The van der Waals surface area contributed by atoms with Crippen LogP contribution in [-0.4, -0.2) is 53.5 Å². The highest BCUT2D eigenvalue weighted by atomic mass is 19.1. The SMILES string of the molecule is COc1ccc(C(O)=C2C(=O)C(=O)N(CCCCCC(=O)O)[C@H]2c2ccccc2F)cc1OC. The third-order valence-electron chi connectivity index (χ3n) is 5.69. The van der Waals surface area contributed by atoms with E-state index in [9.17, 15) is 23.9 Å². The lowest BCUT2D eigenvalue weighted by Crippen LogP contribution is -2.31. The molecule has 2 aromatic rings. The van der Waals surface area contributed by atoms with Gasteiger partial charge in [0.15, 0.2) is 11.5 Å². The minimum atomic E-state index is -1.13. The van der Waals surface area contributed by atoms with Crippen molar-refractivity contribution >= 4 is 23.4 Å². The summed E-state index contributed by atoms with van der Waals surface area (Å²) in [6.45, 7) is 0.103. The molecule has 0 aromatic heterocycles. The van der Waals surface area contributed by atoms with E-state index in [-0.39, 0.29) is 29.7 Å². The van der Waals surface area contributed by atoms with E-state index in [1.807, 2.05) is 0 Å². The number of aliphatic hydroxyl groups is 1. The minimum absolute atomic E-state index is 0.00510. The summed E-state index contributed by atoms with van der Waals surface area (Å²) in [4.78, 5) is 37.9. The number of rotatable bonds is 10. The summed E-state index contributed by atoms with van der Waals surface area (Å²) in [6.07, 6.45) is 1.33. The Balaban J connectivity index is 2.04. The second-order valence-corrected chi connectivity index (χ2v) is 7.79. The predicted octanol–water partition coefficient (Wildman–Crippen LogP) is 3.91. The number of carbonyl (C=O) groups is 3. The molecule has 0 bridgehead atoms. The number of carbonyl (C=O) groups excluding carboxylic acids is 2. The molecule has 34 heavy (non-hydrogen) atoms. The minimum Gasteiger partial charge on any atom is -0.507 e. The molecule has 0 saturated carbocycles. The number of aliphatic carboxylic acids is 1. The molecule has 9 heteroatoms. The summed E-state index contributed by atoms with van der Waals surface area (Å²) in [5.41, 5.74) is 0.0561. The van der Waals surface area contributed by atoms with E-state index < -0.39 is 35.3 Å². The molecule has 1 saturated heterocycles. The van der Waals surface area contributed by atoms with Gasteiger partial charge in [0.25, 0.3) is 11.7 Å². The maximum atomic E-state index is 14.8. The third-order valence-corrected chi connectivity index (χ3v) is 5.69. The van der Waals surface area contributed by atoms with Gasteiger partial charge in [-0.15, -0.1) is 0 Å². The van der Waals surface area contributed by atoms with Crippen molar-refractivity contribution in [2.75, 3.05) is 20.8 Å². The number of likely N-dealkylation sites (tertiary alicyclic amines) is 1. The molecule has 1 aliphatic heterocycles. The third kappa shape index (κ3) is 5.03. The first kappa shape index (κ1) is 24.8. The molecule has 0 aliphatic carbocycles. The fraction of sp³-hybridized carbons (Fsp3) is 0.320. The zero-order valence-electron chi connectivity index (χ0n) is 18.9. The lowest BCUT2D eigenvalue weighted by Gasteiger charge is -2.25. The summed E-state index contributed by atoms with van der Waals surface area (Å²) in [6, 6.07) is 9.15. The molecule has 0 spiro atoms. The molecular weight excluding hydrogens is 445 g/mol. The number of carboxylic acids is 1. The Morgan fingerprint density at radius 1 is 1.00 bits per heavy atom. The molecule has 0 unspecified atom stereocenters. The monoisotopic (exact) mass is 471 g/mol. The van der Waals surface area contributed by atoms with Crippen molar-refractivity contribution in [1.29, 1.82) is 0 Å². The summed E-state index contributed by atoms with van der Waals surface area (Å²) in [7, 11) is 2.88. The number of hydrogen-bond donors (Lipinski definition) is 2. The Morgan fingerprint density at radius 3 is 2.35 bits per heavy atom. The standard InChI is InChI=1S/C25H26FNO7/c1-33-18-12-11-15(14-19(18)34-2)23(30)21-22(16-8-5-6-9-17(16)26)27(25(32)24(21)31)13-7-3-4-10-20(28)29/h5-6,8-9,11-12,14,22,30H,3-4,7,10,13H2,1-2H3,(H,28,29)/t22-/m0/s1. The number of ketones is 1. The van der Waals surface area contributed by atoms with Crippen LogP contribution in [0.1, 0.15) is 42.9 Å². The number of amides is 1. The van der Waals surface area contributed by atoms with Crippen LogP contribution in [-0.2, 0) is 14.4 Å².